The van der Waals surface area contributed by atoms with Crippen LogP contribution in [-0.2, 0) is 12.8 Å². The van der Waals surface area contributed by atoms with Crippen LogP contribution in [0.5, 0.6) is 5.75 Å². The maximum Gasteiger partial charge on any atom is 0.339 e. The summed E-state index contributed by atoms with van der Waals surface area (Å²) in [7, 11) is 0. The van der Waals surface area contributed by atoms with Gasteiger partial charge in [0.2, 0.25) is 0 Å². The lowest BCUT2D eigenvalue weighted by atomic mass is 9.93. The third-order valence-electron chi connectivity index (χ3n) is 6.06. The third-order valence-corrected chi connectivity index (χ3v) is 6.06. The number of hydrogen-bond acceptors (Lipinski definition) is 2. The summed E-state index contributed by atoms with van der Waals surface area (Å²) >= 11 is 0. The molecule has 0 fully saturated rings. The van der Waals surface area contributed by atoms with Crippen LogP contribution >= 0.6 is 0 Å². The minimum atomic E-state index is -1.08. The van der Waals surface area contributed by atoms with Gasteiger partial charge in [-0.05, 0) is 59.7 Å². The van der Waals surface area contributed by atoms with E-state index >= 15 is 0 Å². The Morgan fingerprint density at radius 1 is 0.733 bits per heavy atom. The largest absolute Gasteiger partial charge is 0.507 e. The number of carbonyl (C=O) groups is 1. The highest BCUT2D eigenvalue weighted by atomic mass is 16.4. The fourth-order valence-corrected chi connectivity index (χ4v) is 4.27. The molecule has 30 heavy (non-hydrogen) atoms. The first-order valence-electron chi connectivity index (χ1n) is 12.1. The molecule has 2 aromatic carbocycles. The molecule has 0 bridgehead atoms. The van der Waals surface area contributed by atoms with Crippen LogP contribution in [0.15, 0.2) is 24.3 Å². The molecular weight excluding hydrogens is 372 g/mol. The molecule has 2 N–H and O–H groups in total. The van der Waals surface area contributed by atoms with E-state index in [9.17, 15) is 15.0 Å². The van der Waals surface area contributed by atoms with Crippen LogP contribution in [-0.4, -0.2) is 16.2 Å². The first-order chi connectivity index (χ1) is 14.6. The molecule has 166 valence electrons. The van der Waals surface area contributed by atoms with Crippen LogP contribution in [0.25, 0.3) is 10.8 Å². The van der Waals surface area contributed by atoms with Crippen LogP contribution in [0, 0.1) is 0 Å². The minimum Gasteiger partial charge on any atom is -0.507 e. The molecule has 0 amide bonds. The van der Waals surface area contributed by atoms with Crippen LogP contribution in [0.4, 0.5) is 0 Å². The molecule has 0 aliphatic rings. The molecule has 3 heteroatoms. The fourth-order valence-electron chi connectivity index (χ4n) is 4.27. The molecule has 0 radical (unpaired) electrons. The Hall–Kier alpha value is -2.03. The number of carboxylic acids is 1. The van der Waals surface area contributed by atoms with Gasteiger partial charge in [0.1, 0.15) is 11.3 Å². The van der Waals surface area contributed by atoms with Crippen molar-refractivity contribution in [2.24, 2.45) is 0 Å². The first-order valence-corrected chi connectivity index (χ1v) is 12.1. The van der Waals surface area contributed by atoms with Crippen molar-refractivity contribution in [3.63, 3.8) is 0 Å². The number of benzene rings is 2. The molecule has 0 aromatic heterocycles. The Morgan fingerprint density at radius 3 is 1.90 bits per heavy atom. The highest BCUT2D eigenvalue weighted by Gasteiger charge is 2.14. The number of aryl methyl sites for hydroxylation is 2. The molecule has 0 saturated carbocycles. The van der Waals surface area contributed by atoms with E-state index in [2.05, 4.69) is 26.0 Å². The van der Waals surface area contributed by atoms with Crippen LogP contribution in [0.1, 0.15) is 112 Å². The second kappa shape index (κ2) is 13.3. The maximum absolute atomic E-state index is 11.5. The number of hydrogen-bond donors (Lipinski definition) is 2. The monoisotopic (exact) mass is 412 g/mol. The van der Waals surface area contributed by atoms with E-state index in [-0.39, 0.29) is 11.3 Å². The predicted octanol–water partition coefficient (Wildman–Crippen LogP) is 8.05. The highest BCUT2D eigenvalue weighted by molar-refractivity contribution is 5.98. The van der Waals surface area contributed by atoms with Crippen molar-refractivity contribution in [2.75, 3.05) is 0 Å². The normalized spacial score (nSPS) is 11.3. The lowest BCUT2D eigenvalue weighted by molar-refractivity contribution is 0.0694. The quantitative estimate of drug-likeness (QED) is 0.291. The van der Waals surface area contributed by atoms with E-state index in [0.29, 0.717) is 0 Å². The molecule has 0 unspecified atom stereocenters. The van der Waals surface area contributed by atoms with Crippen LogP contribution < -0.4 is 0 Å². The van der Waals surface area contributed by atoms with Gasteiger partial charge in [-0.25, -0.2) is 4.79 Å². The number of unbranched alkanes of at least 4 members (excludes halogenated alkanes) is 10. The second-order valence-electron chi connectivity index (χ2n) is 8.69. The summed E-state index contributed by atoms with van der Waals surface area (Å²) in [6, 6.07) is 7.71. The summed E-state index contributed by atoms with van der Waals surface area (Å²) in [6.07, 6.45) is 17.2. The average Bonchev–Trinajstić information content (AvgIpc) is 2.72. The van der Waals surface area contributed by atoms with Gasteiger partial charge in [-0.15, -0.1) is 0 Å². The van der Waals surface area contributed by atoms with Crippen molar-refractivity contribution < 1.29 is 15.0 Å². The van der Waals surface area contributed by atoms with Crippen molar-refractivity contribution in [3.8, 4) is 5.75 Å². The number of rotatable bonds is 15. The summed E-state index contributed by atoms with van der Waals surface area (Å²) in [5.74, 6) is -1.21. The van der Waals surface area contributed by atoms with E-state index < -0.39 is 5.97 Å². The zero-order valence-corrected chi connectivity index (χ0v) is 19.0. The predicted molar refractivity (Wildman–Crippen MR) is 127 cm³/mol. The summed E-state index contributed by atoms with van der Waals surface area (Å²) in [5.41, 5.74) is 2.53. The SMILES string of the molecule is CCCCCCCCc1cc(CCCCCCCC)c2cc(O)c(C(=O)O)cc2c1. The molecule has 0 heterocycles. The Morgan fingerprint density at radius 2 is 1.30 bits per heavy atom. The lowest BCUT2D eigenvalue weighted by Gasteiger charge is -2.13. The van der Waals surface area contributed by atoms with E-state index in [0.717, 1.165) is 30.0 Å². The van der Waals surface area contributed by atoms with Crippen molar-refractivity contribution in [1.29, 1.82) is 0 Å². The molecule has 0 saturated heterocycles. The van der Waals surface area contributed by atoms with Gasteiger partial charge < -0.3 is 10.2 Å². The number of phenols is 1. The molecule has 2 rings (SSSR count). The van der Waals surface area contributed by atoms with Gasteiger partial charge in [-0.3, -0.25) is 0 Å². The van der Waals surface area contributed by atoms with E-state index in [1.54, 1.807) is 12.1 Å². The summed E-state index contributed by atoms with van der Waals surface area (Å²) in [4.78, 5) is 11.5. The van der Waals surface area contributed by atoms with Gasteiger partial charge in [0.05, 0.1) is 0 Å². The maximum atomic E-state index is 11.5. The van der Waals surface area contributed by atoms with Crippen molar-refractivity contribution in [3.05, 3.63) is 41.0 Å². The van der Waals surface area contributed by atoms with Gasteiger partial charge in [0.25, 0.3) is 0 Å². The summed E-state index contributed by atoms with van der Waals surface area (Å²) in [6.45, 7) is 4.48. The molecular formula is C27H40O3. The Bertz CT molecular complexity index is 794. The van der Waals surface area contributed by atoms with Crippen LogP contribution in [0.2, 0.25) is 0 Å². The number of carboxylic acid groups (broad SMARTS) is 1. The zero-order valence-electron chi connectivity index (χ0n) is 19.0. The van der Waals surface area contributed by atoms with Crippen molar-refractivity contribution >= 4 is 16.7 Å². The van der Waals surface area contributed by atoms with Gasteiger partial charge in [0.15, 0.2) is 0 Å². The van der Waals surface area contributed by atoms with Gasteiger partial charge in [-0.1, -0.05) is 90.2 Å². The summed E-state index contributed by atoms with van der Waals surface area (Å²) in [5, 5.41) is 21.5. The molecule has 0 aliphatic carbocycles. The highest BCUT2D eigenvalue weighted by Crippen LogP contribution is 2.30. The number of aromatic carboxylic acids is 1. The first kappa shape index (κ1) is 24.2. The molecule has 2 aromatic rings. The van der Waals surface area contributed by atoms with Gasteiger partial charge >= 0.3 is 5.97 Å². The molecule has 0 aliphatic heterocycles. The minimum absolute atomic E-state index is 0.00951. The Kier molecular flexibility index (Phi) is 10.8. The Labute approximate surface area is 182 Å². The van der Waals surface area contributed by atoms with E-state index in [1.165, 1.54) is 81.8 Å². The standard InChI is InChI=1S/C27H40O3/c1-3-5-7-9-11-13-15-21-17-22(16-14-12-10-8-6-4-2)24-20-26(28)25(27(29)30)19-23(24)18-21/h17-20,28H,3-16H2,1-2H3,(H,29,30). The second-order valence-corrected chi connectivity index (χ2v) is 8.69. The zero-order chi connectivity index (χ0) is 21.8. The summed E-state index contributed by atoms with van der Waals surface area (Å²) < 4.78 is 0. The molecule has 3 nitrogen and oxygen atoms in total. The lowest BCUT2D eigenvalue weighted by Crippen LogP contribution is -1.99. The average molecular weight is 413 g/mol. The molecule has 0 atom stereocenters. The van der Waals surface area contributed by atoms with Crippen LogP contribution in [0.3, 0.4) is 0 Å². The Balaban J connectivity index is 2.13. The smallest absolute Gasteiger partial charge is 0.339 e. The number of aromatic hydroxyl groups is 1. The number of fused-ring (bicyclic) bond motifs is 1. The van der Waals surface area contributed by atoms with Crippen molar-refractivity contribution in [2.45, 2.75) is 104 Å². The van der Waals surface area contributed by atoms with Crippen molar-refractivity contribution in [1.82, 2.24) is 0 Å². The van der Waals surface area contributed by atoms with Gasteiger partial charge in [-0.2, -0.15) is 0 Å². The molecule has 0 spiro atoms. The van der Waals surface area contributed by atoms with E-state index in [4.69, 9.17) is 0 Å². The van der Waals surface area contributed by atoms with Gasteiger partial charge in [0, 0.05) is 0 Å². The fraction of sp³-hybridized carbons (Fsp3) is 0.593. The topological polar surface area (TPSA) is 57.5 Å². The van der Waals surface area contributed by atoms with E-state index in [1.807, 2.05) is 0 Å². The third kappa shape index (κ3) is 7.66.